The number of oxazole rings is 1. The molecule has 2 aromatic heterocycles. The number of hydrogen-bond donors (Lipinski definition) is 2. The van der Waals surface area contributed by atoms with E-state index in [-0.39, 0.29) is 11.6 Å². The molecule has 2 aromatic rings. The minimum absolute atomic E-state index is 0.115. The van der Waals surface area contributed by atoms with Crippen LogP contribution in [0, 0.1) is 0 Å². The molecule has 0 aliphatic rings. The van der Waals surface area contributed by atoms with E-state index in [1.54, 1.807) is 6.20 Å². The van der Waals surface area contributed by atoms with E-state index in [2.05, 4.69) is 15.2 Å². The smallest absolute Gasteiger partial charge is 0.357 e. The van der Waals surface area contributed by atoms with E-state index in [0.717, 1.165) is 6.26 Å². The first-order valence-electron chi connectivity index (χ1n) is 3.45. The molecule has 6 nitrogen and oxygen atoms in total. The van der Waals surface area contributed by atoms with Gasteiger partial charge in [0.05, 0.1) is 11.8 Å². The second-order valence-corrected chi connectivity index (χ2v) is 2.33. The minimum atomic E-state index is -1.11. The Morgan fingerprint density at radius 2 is 2.46 bits per heavy atom. The van der Waals surface area contributed by atoms with Crippen molar-refractivity contribution in [2.24, 2.45) is 0 Å². The van der Waals surface area contributed by atoms with E-state index in [4.69, 9.17) is 9.52 Å². The average Bonchev–Trinajstić information content (AvgIpc) is 2.75. The Balaban J connectivity index is 2.39. The fraction of sp³-hybridized carbons (Fsp3) is 0. The van der Waals surface area contributed by atoms with Crippen molar-refractivity contribution >= 4 is 5.97 Å². The monoisotopic (exact) mass is 179 g/mol. The zero-order valence-corrected chi connectivity index (χ0v) is 6.39. The quantitative estimate of drug-likeness (QED) is 0.710. The van der Waals surface area contributed by atoms with Gasteiger partial charge in [-0.2, -0.15) is 5.10 Å². The van der Waals surface area contributed by atoms with Crippen LogP contribution in [0.25, 0.3) is 11.5 Å². The molecule has 0 bridgehead atoms. The number of nitrogens with zero attached hydrogens (tertiary/aromatic N) is 2. The second kappa shape index (κ2) is 2.74. The van der Waals surface area contributed by atoms with Crippen molar-refractivity contribution in [3.63, 3.8) is 0 Å². The molecule has 0 unspecified atom stereocenters. The van der Waals surface area contributed by atoms with Crippen LogP contribution < -0.4 is 0 Å². The SMILES string of the molecule is O=C(O)c1coc(-c2cn[nH]c2)n1. The summed E-state index contributed by atoms with van der Waals surface area (Å²) >= 11 is 0. The Morgan fingerprint density at radius 3 is 3.00 bits per heavy atom. The summed E-state index contributed by atoms with van der Waals surface area (Å²) < 4.78 is 4.92. The van der Waals surface area contributed by atoms with Crippen LogP contribution >= 0.6 is 0 Å². The molecular formula is C7H5N3O3. The van der Waals surface area contributed by atoms with Gasteiger partial charge in [0.1, 0.15) is 6.26 Å². The number of carboxylic acids is 1. The molecule has 0 spiro atoms. The Morgan fingerprint density at radius 1 is 1.62 bits per heavy atom. The number of nitrogens with one attached hydrogen (secondary N) is 1. The molecule has 2 N–H and O–H groups in total. The zero-order chi connectivity index (χ0) is 9.26. The molecule has 2 heterocycles. The number of aromatic amines is 1. The normalized spacial score (nSPS) is 10.2. The third-order valence-corrected chi connectivity index (χ3v) is 1.47. The van der Waals surface area contributed by atoms with Gasteiger partial charge in [0, 0.05) is 6.20 Å². The Kier molecular flexibility index (Phi) is 1.59. The largest absolute Gasteiger partial charge is 0.476 e. The summed E-state index contributed by atoms with van der Waals surface area (Å²) in [6.45, 7) is 0. The lowest BCUT2D eigenvalue weighted by Crippen LogP contribution is -1.95. The lowest BCUT2D eigenvalue weighted by atomic mass is 10.4. The molecule has 0 saturated heterocycles. The first-order chi connectivity index (χ1) is 6.27. The van der Waals surface area contributed by atoms with Crippen LogP contribution in [-0.2, 0) is 0 Å². The van der Waals surface area contributed by atoms with Gasteiger partial charge in [0.15, 0.2) is 5.69 Å². The molecular weight excluding hydrogens is 174 g/mol. The number of aromatic nitrogens is 3. The fourth-order valence-corrected chi connectivity index (χ4v) is 0.872. The summed E-state index contributed by atoms with van der Waals surface area (Å²) in [5.74, 6) is -0.871. The second-order valence-electron chi connectivity index (χ2n) is 2.33. The molecule has 0 aliphatic heterocycles. The standard InChI is InChI=1S/C7H5N3O3/c11-7(12)5-3-13-6(10-5)4-1-8-9-2-4/h1-3H,(H,8,9)(H,11,12). The molecule has 0 saturated carbocycles. The van der Waals surface area contributed by atoms with Crippen LogP contribution in [-0.4, -0.2) is 26.3 Å². The van der Waals surface area contributed by atoms with Crippen LogP contribution in [0.3, 0.4) is 0 Å². The van der Waals surface area contributed by atoms with Gasteiger partial charge < -0.3 is 9.52 Å². The Hall–Kier alpha value is -2.11. The van der Waals surface area contributed by atoms with Crippen molar-refractivity contribution in [1.29, 1.82) is 0 Å². The van der Waals surface area contributed by atoms with E-state index in [1.807, 2.05) is 0 Å². The van der Waals surface area contributed by atoms with Crippen molar-refractivity contribution < 1.29 is 14.3 Å². The lowest BCUT2D eigenvalue weighted by molar-refractivity contribution is 0.0690. The minimum Gasteiger partial charge on any atom is -0.476 e. The number of carboxylic acid groups (broad SMARTS) is 1. The highest BCUT2D eigenvalue weighted by Gasteiger charge is 2.11. The third kappa shape index (κ3) is 1.28. The maximum absolute atomic E-state index is 10.4. The predicted octanol–water partition coefficient (Wildman–Crippen LogP) is 0.763. The van der Waals surface area contributed by atoms with Gasteiger partial charge in [-0.15, -0.1) is 0 Å². The van der Waals surface area contributed by atoms with Crippen molar-refractivity contribution in [2.75, 3.05) is 0 Å². The topological polar surface area (TPSA) is 92.0 Å². The third-order valence-electron chi connectivity index (χ3n) is 1.47. The highest BCUT2D eigenvalue weighted by molar-refractivity contribution is 5.85. The highest BCUT2D eigenvalue weighted by atomic mass is 16.4. The van der Waals surface area contributed by atoms with Crippen molar-refractivity contribution in [3.05, 3.63) is 24.4 Å². The van der Waals surface area contributed by atoms with Crippen LogP contribution in [0.15, 0.2) is 23.1 Å². The van der Waals surface area contributed by atoms with Gasteiger partial charge in [-0.1, -0.05) is 0 Å². The zero-order valence-electron chi connectivity index (χ0n) is 6.39. The molecule has 0 radical (unpaired) electrons. The van der Waals surface area contributed by atoms with E-state index in [0.29, 0.717) is 5.56 Å². The van der Waals surface area contributed by atoms with Crippen molar-refractivity contribution in [2.45, 2.75) is 0 Å². The number of carbonyl (C=O) groups is 1. The van der Waals surface area contributed by atoms with Gasteiger partial charge in [-0.25, -0.2) is 9.78 Å². The number of hydrogen-bond acceptors (Lipinski definition) is 4. The summed E-state index contributed by atoms with van der Waals surface area (Å²) in [5, 5.41) is 14.8. The maximum Gasteiger partial charge on any atom is 0.357 e. The summed E-state index contributed by atoms with van der Waals surface area (Å²) in [4.78, 5) is 14.2. The van der Waals surface area contributed by atoms with E-state index in [9.17, 15) is 4.79 Å². The van der Waals surface area contributed by atoms with E-state index >= 15 is 0 Å². The fourth-order valence-electron chi connectivity index (χ4n) is 0.872. The number of rotatable bonds is 2. The Bertz CT molecular complexity index is 418. The van der Waals surface area contributed by atoms with Crippen LogP contribution in [0.5, 0.6) is 0 Å². The van der Waals surface area contributed by atoms with Crippen LogP contribution in [0.4, 0.5) is 0 Å². The molecule has 0 atom stereocenters. The molecule has 0 aliphatic carbocycles. The molecule has 0 aromatic carbocycles. The number of aromatic carboxylic acids is 1. The van der Waals surface area contributed by atoms with Crippen LogP contribution in [0.2, 0.25) is 0 Å². The van der Waals surface area contributed by atoms with E-state index in [1.165, 1.54) is 6.20 Å². The molecule has 66 valence electrons. The molecule has 0 fully saturated rings. The van der Waals surface area contributed by atoms with Crippen molar-refractivity contribution in [3.8, 4) is 11.5 Å². The summed E-state index contributed by atoms with van der Waals surface area (Å²) in [6, 6.07) is 0. The molecule has 0 amide bonds. The summed E-state index contributed by atoms with van der Waals surface area (Å²) in [7, 11) is 0. The Labute approximate surface area is 72.2 Å². The molecule has 13 heavy (non-hydrogen) atoms. The first kappa shape index (κ1) is 7.53. The molecule has 2 rings (SSSR count). The van der Waals surface area contributed by atoms with Crippen molar-refractivity contribution in [1.82, 2.24) is 15.2 Å². The average molecular weight is 179 g/mol. The van der Waals surface area contributed by atoms with Gasteiger partial charge in [0.25, 0.3) is 0 Å². The predicted molar refractivity (Wildman–Crippen MR) is 41.0 cm³/mol. The van der Waals surface area contributed by atoms with Crippen LogP contribution in [0.1, 0.15) is 10.5 Å². The van der Waals surface area contributed by atoms with Gasteiger partial charge in [0.2, 0.25) is 5.89 Å². The van der Waals surface area contributed by atoms with E-state index < -0.39 is 5.97 Å². The summed E-state index contributed by atoms with van der Waals surface area (Å²) in [6.07, 6.45) is 4.15. The first-order valence-corrected chi connectivity index (χ1v) is 3.45. The lowest BCUT2D eigenvalue weighted by Gasteiger charge is -1.83. The number of H-pyrrole nitrogens is 1. The highest BCUT2D eigenvalue weighted by Crippen LogP contribution is 2.16. The van der Waals surface area contributed by atoms with Gasteiger partial charge >= 0.3 is 5.97 Å². The van der Waals surface area contributed by atoms with Gasteiger partial charge in [-0.05, 0) is 0 Å². The maximum atomic E-state index is 10.4. The van der Waals surface area contributed by atoms with Gasteiger partial charge in [-0.3, -0.25) is 5.10 Å². The molecule has 6 heteroatoms. The summed E-state index contributed by atoms with van der Waals surface area (Å²) in [5.41, 5.74) is 0.503.